The first-order valence-corrected chi connectivity index (χ1v) is 4.21. The minimum absolute atomic E-state index is 0.110. The quantitative estimate of drug-likeness (QED) is 0.544. The monoisotopic (exact) mass is 169 g/mol. The first-order chi connectivity index (χ1) is 5.70. The highest BCUT2D eigenvalue weighted by atomic mass is 16.5. The lowest BCUT2D eigenvalue weighted by Gasteiger charge is -2.25. The Morgan fingerprint density at radius 1 is 1.33 bits per heavy atom. The zero-order valence-electron chi connectivity index (χ0n) is 7.67. The molecular formula is C9H15NO2. The summed E-state index contributed by atoms with van der Waals surface area (Å²) in [6.45, 7) is 6.65. The number of carbonyl (C=O) groups is 1. The van der Waals surface area contributed by atoms with Crippen LogP contribution in [0.2, 0.25) is 0 Å². The first-order valence-electron chi connectivity index (χ1n) is 4.21. The Morgan fingerprint density at radius 3 is 2.42 bits per heavy atom. The van der Waals surface area contributed by atoms with E-state index in [-0.39, 0.29) is 5.91 Å². The van der Waals surface area contributed by atoms with Crippen molar-refractivity contribution in [3.8, 4) is 0 Å². The summed E-state index contributed by atoms with van der Waals surface area (Å²) in [5.74, 6) is 0.110. The Balaban J connectivity index is 2.45. The number of ether oxygens (including phenoxy) is 1. The van der Waals surface area contributed by atoms with E-state index in [0.717, 1.165) is 18.7 Å². The molecular weight excluding hydrogens is 154 g/mol. The molecule has 3 nitrogen and oxygen atoms in total. The van der Waals surface area contributed by atoms with Crippen LogP contribution in [0, 0.1) is 0 Å². The molecule has 1 fully saturated rings. The maximum Gasteiger partial charge on any atom is 0.246 e. The van der Waals surface area contributed by atoms with E-state index in [1.54, 1.807) is 6.08 Å². The van der Waals surface area contributed by atoms with Gasteiger partial charge in [-0.05, 0) is 13.8 Å². The van der Waals surface area contributed by atoms with E-state index in [1.165, 1.54) is 0 Å². The SMILES string of the molecule is CC(C)=CC(=O)N1CCOCC1. The molecule has 0 saturated carbocycles. The van der Waals surface area contributed by atoms with Crippen LogP contribution in [0.5, 0.6) is 0 Å². The lowest BCUT2D eigenvalue weighted by Crippen LogP contribution is -2.39. The Labute approximate surface area is 73.0 Å². The van der Waals surface area contributed by atoms with Crippen LogP contribution in [0.4, 0.5) is 0 Å². The van der Waals surface area contributed by atoms with Crippen LogP contribution in [0.3, 0.4) is 0 Å². The molecule has 1 aliphatic rings. The number of hydrogen-bond donors (Lipinski definition) is 0. The van der Waals surface area contributed by atoms with Gasteiger partial charge in [-0.25, -0.2) is 0 Å². The highest BCUT2D eigenvalue weighted by Gasteiger charge is 2.13. The van der Waals surface area contributed by atoms with Crippen molar-refractivity contribution in [2.24, 2.45) is 0 Å². The van der Waals surface area contributed by atoms with Gasteiger partial charge in [0.05, 0.1) is 13.2 Å². The summed E-state index contributed by atoms with van der Waals surface area (Å²) in [4.78, 5) is 13.2. The first kappa shape index (κ1) is 9.26. The van der Waals surface area contributed by atoms with E-state index in [1.807, 2.05) is 18.7 Å². The van der Waals surface area contributed by atoms with E-state index in [4.69, 9.17) is 4.74 Å². The third-order valence-electron chi connectivity index (χ3n) is 1.73. The van der Waals surface area contributed by atoms with Gasteiger partial charge in [0.25, 0.3) is 0 Å². The Morgan fingerprint density at radius 2 is 1.92 bits per heavy atom. The van der Waals surface area contributed by atoms with Gasteiger partial charge in [-0.2, -0.15) is 0 Å². The molecule has 1 heterocycles. The van der Waals surface area contributed by atoms with Gasteiger partial charge in [0.2, 0.25) is 5.91 Å². The summed E-state index contributed by atoms with van der Waals surface area (Å²) in [5, 5.41) is 0. The number of morpholine rings is 1. The molecule has 0 aliphatic carbocycles. The predicted octanol–water partition coefficient (Wildman–Crippen LogP) is 0.811. The third kappa shape index (κ3) is 2.66. The van der Waals surface area contributed by atoms with Crippen LogP contribution >= 0.6 is 0 Å². The molecule has 0 atom stereocenters. The molecule has 3 heteroatoms. The van der Waals surface area contributed by atoms with E-state index < -0.39 is 0 Å². The second-order valence-corrected chi connectivity index (χ2v) is 3.16. The second kappa shape index (κ2) is 4.26. The summed E-state index contributed by atoms with van der Waals surface area (Å²) < 4.78 is 5.14. The maximum absolute atomic E-state index is 11.4. The van der Waals surface area contributed by atoms with Crippen molar-refractivity contribution in [1.82, 2.24) is 4.90 Å². The molecule has 68 valence electrons. The number of hydrogen-bond acceptors (Lipinski definition) is 2. The number of nitrogens with zero attached hydrogens (tertiary/aromatic N) is 1. The van der Waals surface area contributed by atoms with Crippen molar-refractivity contribution >= 4 is 5.91 Å². The Bertz CT molecular complexity index is 189. The summed E-state index contributed by atoms with van der Waals surface area (Å²) >= 11 is 0. The van der Waals surface area contributed by atoms with Crippen LogP contribution in [-0.2, 0) is 9.53 Å². The molecule has 12 heavy (non-hydrogen) atoms. The smallest absolute Gasteiger partial charge is 0.246 e. The molecule has 0 spiro atoms. The number of carbonyl (C=O) groups excluding carboxylic acids is 1. The molecule has 0 N–H and O–H groups in total. The fourth-order valence-electron chi connectivity index (χ4n) is 1.12. The predicted molar refractivity (Wildman–Crippen MR) is 46.8 cm³/mol. The van der Waals surface area contributed by atoms with Crippen LogP contribution < -0.4 is 0 Å². The topological polar surface area (TPSA) is 29.5 Å². The van der Waals surface area contributed by atoms with Gasteiger partial charge in [-0.15, -0.1) is 0 Å². The van der Waals surface area contributed by atoms with Crippen molar-refractivity contribution in [3.63, 3.8) is 0 Å². The summed E-state index contributed by atoms with van der Waals surface area (Å²) in [5.41, 5.74) is 1.05. The summed E-state index contributed by atoms with van der Waals surface area (Å²) in [7, 11) is 0. The highest BCUT2D eigenvalue weighted by molar-refractivity contribution is 5.88. The summed E-state index contributed by atoms with van der Waals surface area (Å²) in [6.07, 6.45) is 1.67. The van der Waals surface area contributed by atoms with E-state index in [9.17, 15) is 4.79 Å². The van der Waals surface area contributed by atoms with Crippen LogP contribution in [-0.4, -0.2) is 37.1 Å². The van der Waals surface area contributed by atoms with Gasteiger partial charge in [-0.3, -0.25) is 4.79 Å². The van der Waals surface area contributed by atoms with Gasteiger partial charge in [0.1, 0.15) is 0 Å². The van der Waals surface area contributed by atoms with Crippen LogP contribution in [0.15, 0.2) is 11.6 Å². The fraction of sp³-hybridized carbons (Fsp3) is 0.667. The standard InChI is InChI=1S/C9H15NO2/c1-8(2)7-9(11)10-3-5-12-6-4-10/h7H,3-6H2,1-2H3. The number of allylic oxidation sites excluding steroid dienone is 1. The van der Waals surface area contributed by atoms with Gasteiger partial charge >= 0.3 is 0 Å². The molecule has 0 bridgehead atoms. The molecule has 1 amide bonds. The van der Waals surface area contributed by atoms with Crippen molar-refractivity contribution in [1.29, 1.82) is 0 Å². The zero-order valence-corrected chi connectivity index (χ0v) is 7.67. The van der Waals surface area contributed by atoms with Gasteiger partial charge in [-0.1, -0.05) is 5.57 Å². The Kier molecular flexibility index (Phi) is 3.29. The largest absolute Gasteiger partial charge is 0.378 e. The van der Waals surface area contributed by atoms with Gasteiger partial charge in [0, 0.05) is 19.2 Å². The lowest BCUT2D eigenvalue weighted by molar-refractivity contribution is -0.130. The van der Waals surface area contributed by atoms with Crippen molar-refractivity contribution in [2.45, 2.75) is 13.8 Å². The lowest BCUT2D eigenvalue weighted by atomic mass is 10.3. The van der Waals surface area contributed by atoms with Gasteiger partial charge in [0.15, 0.2) is 0 Å². The normalized spacial score (nSPS) is 17.3. The van der Waals surface area contributed by atoms with Gasteiger partial charge < -0.3 is 9.64 Å². The zero-order chi connectivity index (χ0) is 8.97. The molecule has 0 aromatic heterocycles. The minimum Gasteiger partial charge on any atom is -0.378 e. The van der Waals surface area contributed by atoms with Crippen molar-refractivity contribution in [2.75, 3.05) is 26.3 Å². The number of rotatable bonds is 1. The molecule has 0 unspecified atom stereocenters. The molecule has 1 rings (SSSR count). The fourth-order valence-corrected chi connectivity index (χ4v) is 1.12. The molecule has 0 aromatic rings. The highest BCUT2D eigenvalue weighted by Crippen LogP contribution is 2.00. The second-order valence-electron chi connectivity index (χ2n) is 3.16. The van der Waals surface area contributed by atoms with E-state index >= 15 is 0 Å². The minimum atomic E-state index is 0.110. The van der Waals surface area contributed by atoms with Crippen molar-refractivity contribution < 1.29 is 9.53 Å². The maximum atomic E-state index is 11.4. The number of amides is 1. The average molecular weight is 169 g/mol. The molecule has 0 aromatic carbocycles. The third-order valence-corrected chi connectivity index (χ3v) is 1.73. The molecule has 0 radical (unpaired) electrons. The molecule has 1 saturated heterocycles. The average Bonchev–Trinajstić information content (AvgIpc) is 2.05. The molecule has 1 aliphatic heterocycles. The van der Waals surface area contributed by atoms with Crippen LogP contribution in [0.1, 0.15) is 13.8 Å². The van der Waals surface area contributed by atoms with E-state index in [2.05, 4.69) is 0 Å². The van der Waals surface area contributed by atoms with E-state index in [0.29, 0.717) is 13.2 Å². The van der Waals surface area contributed by atoms with Crippen LogP contribution in [0.25, 0.3) is 0 Å². The summed E-state index contributed by atoms with van der Waals surface area (Å²) in [6, 6.07) is 0. The Hall–Kier alpha value is -0.830. The van der Waals surface area contributed by atoms with Crippen molar-refractivity contribution in [3.05, 3.63) is 11.6 Å².